The van der Waals surface area contributed by atoms with Gasteiger partial charge in [-0.25, -0.2) is 5.43 Å². The average Bonchev–Trinajstić information content (AvgIpc) is 2.56. The summed E-state index contributed by atoms with van der Waals surface area (Å²) in [6, 6.07) is 14.7. The number of ether oxygens (including phenoxy) is 1. The first-order valence-electron chi connectivity index (χ1n) is 7.44. The van der Waals surface area contributed by atoms with E-state index in [0.717, 1.165) is 22.2 Å². The second-order valence-corrected chi connectivity index (χ2v) is 6.00. The summed E-state index contributed by atoms with van der Waals surface area (Å²) in [5, 5.41) is 4.02. The zero-order chi connectivity index (χ0) is 16.7. The van der Waals surface area contributed by atoms with Crippen LogP contribution in [0.25, 0.3) is 0 Å². The number of nitrogens with one attached hydrogen (secondary N) is 1. The number of halogens is 1. The lowest BCUT2D eigenvalue weighted by Crippen LogP contribution is -2.17. The van der Waals surface area contributed by atoms with E-state index in [2.05, 4.69) is 33.4 Å². The molecule has 2 aromatic rings. The number of amides is 1. The zero-order valence-electron chi connectivity index (χ0n) is 13.1. The first kappa shape index (κ1) is 17.2. The number of carbonyl (C=O) groups excluding carboxylic acids is 1. The molecule has 1 amide bonds. The summed E-state index contributed by atoms with van der Waals surface area (Å²) < 4.78 is 6.69. The third-order valence-electron chi connectivity index (χ3n) is 3.28. The molecule has 0 aliphatic carbocycles. The maximum absolute atomic E-state index is 12.0. The Morgan fingerprint density at radius 2 is 2.09 bits per heavy atom. The van der Waals surface area contributed by atoms with Crippen LogP contribution in [0.3, 0.4) is 0 Å². The Labute approximate surface area is 144 Å². The fourth-order valence-electron chi connectivity index (χ4n) is 1.85. The highest BCUT2D eigenvalue weighted by Crippen LogP contribution is 2.18. The van der Waals surface area contributed by atoms with E-state index in [1.807, 2.05) is 37.3 Å². The average molecular weight is 375 g/mol. The Morgan fingerprint density at radius 1 is 1.30 bits per heavy atom. The molecule has 4 nitrogen and oxygen atoms in total. The summed E-state index contributed by atoms with van der Waals surface area (Å²) >= 11 is 3.34. The van der Waals surface area contributed by atoms with Gasteiger partial charge in [-0.3, -0.25) is 4.79 Å². The Hall–Kier alpha value is -2.14. The Morgan fingerprint density at radius 3 is 2.83 bits per heavy atom. The van der Waals surface area contributed by atoms with Crippen molar-refractivity contribution >= 4 is 28.1 Å². The molecule has 0 fully saturated rings. The van der Waals surface area contributed by atoms with Crippen molar-refractivity contribution in [2.75, 3.05) is 0 Å². The lowest BCUT2D eigenvalue weighted by atomic mass is 10.2. The second-order valence-electron chi connectivity index (χ2n) is 5.08. The van der Waals surface area contributed by atoms with Crippen molar-refractivity contribution in [2.24, 2.45) is 5.10 Å². The molecule has 0 aromatic heterocycles. The van der Waals surface area contributed by atoms with Crippen LogP contribution in [0.4, 0.5) is 0 Å². The van der Waals surface area contributed by atoms with E-state index in [4.69, 9.17) is 4.74 Å². The van der Waals surface area contributed by atoms with E-state index in [9.17, 15) is 4.79 Å². The molecule has 0 aliphatic heterocycles. The van der Waals surface area contributed by atoms with E-state index in [1.165, 1.54) is 0 Å². The molecule has 5 heteroatoms. The van der Waals surface area contributed by atoms with Crippen molar-refractivity contribution in [1.82, 2.24) is 5.43 Å². The number of carbonyl (C=O) groups is 1. The summed E-state index contributed by atoms with van der Waals surface area (Å²) in [5.74, 6) is 0.491. The molecule has 0 saturated heterocycles. The van der Waals surface area contributed by atoms with Gasteiger partial charge in [-0.15, -0.1) is 0 Å². The standard InChI is InChI=1S/C18H19BrN2O2/c1-3-13(2)23-17-10-5-4-7-15(17)12-20-21-18(22)14-8-6-9-16(19)11-14/h4-13H,3H2,1-2H3,(H,21,22)/b20-12-/t13-/m0/s1. The van der Waals surface area contributed by atoms with Gasteiger partial charge in [-0.2, -0.15) is 5.10 Å². The lowest BCUT2D eigenvalue weighted by molar-refractivity contribution is 0.0955. The quantitative estimate of drug-likeness (QED) is 0.601. The molecule has 0 aliphatic rings. The van der Waals surface area contributed by atoms with Crippen molar-refractivity contribution in [3.8, 4) is 5.75 Å². The first-order valence-corrected chi connectivity index (χ1v) is 8.24. The van der Waals surface area contributed by atoms with Gasteiger partial charge in [0.05, 0.1) is 12.3 Å². The fourth-order valence-corrected chi connectivity index (χ4v) is 2.25. The minimum Gasteiger partial charge on any atom is -0.490 e. The van der Waals surface area contributed by atoms with Gasteiger partial charge < -0.3 is 4.74 Å². The number of hydrazone groups is 1. The Kier molecular flexibility index (Phi) is 6.35. The smallest absolute Gasteiger partial charge is 0.271 e. The maximum Gasteiger partial charge on any atom is 0.271 e. The minimum absolute atomic E-state index is 0.126. The number of para-hydroxylation sites is 1. The highest BCUT2D eigenvalue weighted by atomic mass is 79.9. The number of rotatable bonds is 6. The molecule has 2 aromatic carbocycles. The van der Waals surface area contributed by atoms with Gasteiger partial charge in [0.2, 0.25) is 0 Å². The van der Waals surface area contributed by atoms with Crippen LogP contribution in [0.2, 0.25) is 0 Å². The molecule has 0 unspecified atom stereocenters. The zero-order valence-corrected chi connectivity index (χ0v) is 14.7. The Balaban J connectivity index is 2.04. The fraction of sp³-hybridized carbons (Fsp3) is 0.222. The summed E-state index contributed by atoms with van der Waals surface area (Å²) in [6.45, 7) is 4.09. The molecule has 0 radical (unpaired) electrons. The molecule has 1 N–H and O–H groups in total. The molecule has 2 rings (SSSR count). The monoisotopic (exact) mass is 374 g/mol. The minimum atomic E-state index is -0.261. The number of benzene rings is 2. The topological polar surface area (TPSA) is 50.7 Å². The van der Waals surface area contributed by atoms with Gasteiger partial charge in [-0.05, 0) is 43.7 Å². The number of hydrogen-bond acceptors (Lipinski definition) is 3. The molecule has 1 atom stereocenters. The largest absolute Gasteiger partial charge is 0.490 e. The van der Waals surface area contributed by atoms with Crippen molar-refractivity contribution < 1.29 is 9.53 Å². The molecule has 0 bridgehead atoms. The van der Waals surface area contributed by atoms with Crippen molar-refractivity contribution in [3.05, 3.63) is 64.1 Å². The van der Waals surface area contributed by atoms with Gasteiger partial charge in [0.25, 0.3) is 5.91 Å². The summed E-state index contributed by atoms with van der Waals surface area (Å²) in [6.07, 6.45) is 2.64. The van der Waals surface area contributed by atoms with Crippen molar-refractivity contribution in [2.45, 2.75) is 26.4 Å². The van der Waals surface area contributed by atoms with Crippen LogP contribution in [0.15, 0.2) is 58.1 Å². The van der Waals surface area contributed by atoms with Crippen LogP contribution in [-0.4, -0.2) is 18.2 Å². The lowest BCUT2D eigenvalue weighted by Gasteiger charge is -2.14. The van der Waals surface area contributed by atoms with E-state index >= 15 is 0 Å². The number of nitrogens with zero attached hydrogens (tertiary/aromatic N) is 1. The van der Waals surface area contributed by atoms with E-state index in [1.54, 1.807) is 24.4 Å². The normalized spacial score (nSPS) is 12.1. The maximum atomic E-state index is 12.0. The van der Waals surface area contributed by atoms with Crippen molar-refractivity contribution in [1.29, 1.82) is 0 Å². The van der Waals surface area contributed by atoms with Crippen molar-refractivity contribution in [3.63, 3.8) is 0 Å². The predicted octanol–water partition coefficient (Wildman–Crippen LogP) is 4.39. The summed E-state index contributed by atoms with van der Waals surface area (Å²) in [4.78, 5) is 12.0. The molecular weight excluding hydrogens is 356 g/mol. The third-order valence-corrected chi connectivity index (χ3v) is 3.77. The van der Waals surface area contributed by atoms with Crippen LogP contribution in [0, 0.1) is 0 Å². The van der Waals surface area contributed by atoms with E-state index < -0.39 is 0 Å². The first-order chi connectivity index (χ1) is 11.1. The number of hydrogen-bond donors (Lipinski definition) is 1. The van der Waals surface area contributed by atoms with Gasteiger partial charge in [0.1, 0.15) is 5.75 Å². The van der Waals surface area contributed by atoms with Gasteiger partial charge in [0, 0.05) is 15.6 Å². The van der Waals surface area contributed by atoms with Crippen LogP contribution >= 0.6 is 15.9 Å². The van der Waals surface area contributed by atoms with Gasteiger partial charge in [0.15, 0.2) is 0 Å². The Bertz CT molecular complexity index is 701. The highest BCUT2D eigenvalue weighted by Gasteiger charge is 2.06. The molecule has 120 valence electrons. The van der Waals surface area contributed by atoms with Crippen LogP contribution in [0.1, 0.15) is 36.2 Å². The van der Waals surface area contributed by atoms with Crippen LogP contribution < -0.4 is 10.2 Å². The van der Waals surface area contributed by atoms with Crippen LogP contribution in [0.5, 0.6) is 5.75 Å². The highest BCUT2D eigenvalue weighted by molar-refractivity contribution is 9.10. The van der Waals surface area contributed by atoms with E-state index in [-0.39, 0.29) is 12.0 Å². The molecule has 0 heterocycles. The molecule has 0 saturated carbocycles. The van der Waals surface area contributed by atoms with Crippen LogP contribution in [-0.2, 0) is 0 Å². The van der Waals surface area contributed by atoms with Gasteiger partial charge in [-0.1, -0.05) is 41.1 Å². The molecule has 23 heavy (non-hydrogen) atoms. The summed E-state index contributed by atoms with van der Waals surface area (Å²) in [5.41, 5.74) is 3.89. The predicted molar refractivity (Wildman–Crippen MR) is 96.0 cm³/mol. The molecular formula is C18H19BrN2O2. The SMILES string of the molecule is CC[C@H](C)Oc1ccccc1/C=N\NC(=O)c1cccc(Br)c1. The molecule has 0 spiro atoms. The van der Waals surface area contributed by atoms with Gasteiger partial charge >= 0.3 is 0 Å². The summed E-state index contributed by atoms with van der Waals surface area (Å²) in [7, 11) is 0. The second kappa shape index (κ2) is 8.48. The van der Waals surface area contributed by atoms with E-state index in [0.29, 0.717) is 5.56 Å². The third kappa shape index (κ3) is 5.21.